The summed E-state index contributed by atoms with van der Waals surface area (Å²) < 4.78 is 0. The summed E-state index contributed by atoms with van der Waals surface area (Å²) in [6, 6.07) is 1.89. The number of aliphatic hydroxyl groups excluding tert-OH is 1. The Balaban J connectivity index is 2.03. The lowest BCUT2D eigenvalue weighted by atomic mass is 9.95. The second-order valence-corrected chi connectivity index (χ2v) is 4.24. The lowest BCUT2D eigenvalue weighted by molar-refractivity contribution is 0.244. The van der Waals surface area contributed by atoms with Crippen LogP contribution in [-0.4, -0.2) is 34.8 Å². The molecule has 3 N–H and O–H groups in total. The number of piperidine rings is 1. The van der Waals surface area contributed by atoms with Gasteiger partial charge in [-0.15, -0.1) is 0 Å². The molecule has 1 aromatic rings. The third-order valence-electron chi connectivity index (χ3n) is 3.04. The number of nitrogen functional groups attached to an aromatic ring is 1. The maximum atomic E-state index is 8.96. The fraction of sp³-hybridized carbons (Fsp3) is 0.636. The molecule has 16 heavy (non-hydrogen) atoms. The summed E-state index contributed by atoms with van der Waals surface area (Å²) in [6.45, 7) is 2.24. The summed E-state index contributed by atoms with van der Waals surface area (Å²) in [5, 5.41) is 8.96. The van der Waals surface area contributed by atoms with E-state index in [1.54, 1.807) is 6.20 Å². The molecule has 0 aliphatic carbocycles. The number of hydrogen-bond donors (Lipinski definition) is 2. The van der Waals surface area contributed by atoms with E-state index in [1.807, 2.05) is 6.07 Å². The molecule has 5 heteroatoms. The van der Waals surface area contributed by atoms with Gasteiger partial charge in [-0.05, 0) is 31.2 Å². The number of aliphatic hydroxyl groups is 1. The average molecular weight is 222 g/mol. The SMILES string of the molecule is Nc1nccc(N2CCCC(CCO)C2)n1. The molecule has 1 aromatic heterocycles. The molecule has 0 aromatic carbocycles. The number of aromatic nitrogens is 2. The molecule has 1 saturated heterocycles. The van der Waals surface area contributed by atoms with Crippen LogP contribution in [0.25, 0.3) is 0 Å². The average Bonchev–Trinajstić information content (AvgIpc) is 2.30. The summed E-state index contributed by atoms with van der Waals surface area (Å²) in [4.78, 5) is 10.3. The van der Waals surface area contributed by atoms with Crippen LogP contribution >= 0.6 is 0 Å². The minimum absolute atomic E-state index is 0.268. The third kappa shape index (κ3) is 2.61. The van der Waals surface area contributed by atoms with E-state index in [4.69, 9.17) is 10.8 Å². The van der Waals surface area contributed by atoms with E-state index in [0.29, 0.717) is 11.9 Å². The minimum atomic E-state index is 0.268. The smallest absolute Gasteiger partial charge is 0.221 e. The first-order valence-corrected chi connectivity index (χ1v) is 5.74. The van der Waals surface area contributed by atoms with E-state index in [2.05, 4.69) is 14.9 Å². The van der Waals surface area contributed by atoms with Crippen LogP contribution in [0.4, 0.5) is 11.8 Å². The molecule has 1 unspecified atom stereocenters. The van der Waals surface area contributed by atoms with Crippen molar-refractivity contribution in [1.29, 1.82) is 0 Å². The molecule has 0 amide bonds. The maximum Gasteiger partial charge on any atom is 0.221 e. The van der Waals surface area contributed by atoms with Crippen molar-refractivity contribution in [2.45, 2.75) is 19.3 Å². The van der Waals surface area contributed by atoms with Crippen molar-refractivity contribution in [1.82, 2.24) is 9.97 Å². The summed E-state index contributed by atoms with van der Waals surface area (Å²) in [7, 11) is 0. The Bertz CT molecular complexity index is 343. The Morgan fingerprint density at radius 2 is 2.44 bits per heavy atom. The first-order chi connectivity index (χ1) is 7.79. The van der Waals surface area contributed by atoms with Crippen molar-refractivity contribution in [3.63, 3.8) is 0 Å². The van der Waals surface area contributed by atoms with Gasteiger partial charge in [-0.25, -0.2) is 4.98 Å². The zero-order chi connectivity index (χ0) is 11.4. The third-order valence-corrected chi connectivity index (χ3v) is 3.04. The molecule has 5 nitrogen and oxygen atoms in total. The fourth-order valence-corrected chi connectivity index (χ4v) is 2.23. The second-order valence-electron chi connectivity index (χ2n) is 4.24. The van der Waals surface area contributed by atoms with Crippen molar-refractivity contribution in [3.05, 3.63) is 12.3 Å². The molecule has 2 heterocycles. The van der Waals surface area contributed by atoms with Crippen LogP contribution in [0.5, 0.6) is 0 Å². The van der Waals surface area contributed by atoms with Gasteiger partial charge in [-0.3, -0.25) is 0 Å². The highest BCUT2D eigenvalue weighted by Gasteiger charge is 2.20. The fourth-order valence-electron chi connectivity index (χ4n) is 2.23. The van der Waals surface area contributed by atoms with Gasteiger partial charge >= 0.3 is 0 Å². The Kier molecular flexibility index (Phi) is 3.56. The number of rotatable bonds is 3. The summed E-state index contributed by atoms with van der Waals surface area (Å²) in [6.07, 6.45) is 4.90. The van der Waals surface area contributed by atoms with Crippen LogP contribution in [0.1, 0.15) is 19.3 Å². The van der Waals surface area contributed by atoms with E-state index in [1.165, 1.54) is 6.42 Å². The van der Waals surface area contributed by atoms with E-state index < -0.39 is 0 Å². The van der Waals surface area contributed by atoms with Crippen LogP contribution in [0.2, 0.25) is 0 Å². The number of anilines is 2. The van der Waals surface area contributed by atoms with Crippen LogP contribution in [0.3, 0.4) is 0 Å². The number of hydrogen-bond acceptors (Lipinski definition) is 5. The lowest BCUT2D eigenvalue weighted by Gasteiger charge is -2.33. The molecule has 0 radical (unpaired) electrons. The van der Waals surface area contributed by atoms with E-state index in [9.17, 15) is 0 Å². The van der Waals surface area contributed by atoms with Gasteiger partial charge in [0.25, 0.3) is 0 Å². The highest BCUT2D eigenvalue weighted by Crippen LogP contribution is 2.23. The quantitative estimate of drug-likeness (QED) is 0.785. The van der Waals surface area contributed by atoms with Gasteiger partial charge in [-0.2, -0.15) is 4.98 Å². The van der Waals surface area contributed by atoms with Crippen LogP contribution in [0, 0.1) is 5.92 Å². The monoisotopic (exact) mass is 222 g/mol. The molecule has 1 aliphatic heterocycles. The van der Waals surface area contributed by atoms with Gasteiger partial charge in [0.05, 0.1) is 0 Å². The first kappa shape index (κ1) is 11.1. The van der Waals surface area contributed by atoms with Crippen LogP contribution < -0.4 is 10.6 Å². The van der Waals surface area contributed by atoms with Gasteiger partial charge in [-0.1, -0.05) is 0 Å². The Morgan fingerprint density at radius 3 is 3.19 bits per heavy atom. The van der Waals surface area contributed by atoms with E-state index in [0.717, 1.165) is 31.7 Å². The van der Waals surface area contributed by atoms with Crippen LogP contribution in [0.15, 0.2) is 12.3 Å². The topological polar surface area (TPSA) is 75.3 Å². The molecule has 1 atom stereocenters. The van der Waals surface area contributed by atoms with Gasteiger partial charge in [0, 0.05) is 25.9 Å². The highest BCUT2D eigenvalue weighted by atomic mass is 16.3. The van der Waals surface area contributed by atoms with E-state index >= 15 is 0 Å². The lowest BCUT2D eigenvalue weighted by Crippen LogP contribution is -2.36. The molecule has 1 fully saturated rings. The highest BCUT2D eigenvalue weighted by molar-refractivity contribution is 5.41. The molecule has 0 saturated carbocycles. The van der Waals surface area contributed by atoms with E-state index in [-0.39, 0.29) is 6.61 Å². The Morgan fingerprint density at radius 1 is 1.56 bits per heavy atom. The predicted molar refractivity (Wildman–Crippen MR) is 63.1 cm³/mol. The van der Waals surface area contributed by atoms with Crippen molar-refractivity contribution in [2.24, 2.45) is 5.92 Å². The second kappa shape index (κ2) is 5.12. The minimum Gasteiger partial charge on any atom is -0.396 e. The summed E-state index contributed by atoms with van der Waals surface area (Å²) >= 11 is 0. The molecular formula is C11H18N4O. The van der Waals surface area contributed by atoms with Crippen molar-refractivity contribution in [3.8, 4) is 0 Å². The number of nitrogens with zero attached hydrogens (tertiary/aromatic N) is 3. The Labute approximate surface area is 95.3 Å². The van der Waals surface area contributed by atoms with Gasteiger partial charge in [0.2, 0.25) is 5.95 Å². The van der Waals surface area contributed by atoms with Gasteiger partial charge < -0.3 is 15.7 Å². The molecule has 1 aliphatic rings. The molecule has 0 bridgehead atoms. The Hall–Kier alpha value is -1.36. The summed E-state index contributed by atoms with van der Waals surface area (Å²) in [5.41, 5.74) is 5.57. The largest absolute Gasteiger partial charge is 0.396 e. The van der Waals surface area contributed by atoms with Gasteiger partial charge in [0.1, 0.15) is 5.82 Å². The van der Waals surface area contributed by atoms with Crippen molar-refractivity contribution < 1.29 is 5.11 Å². The normalized spacial score (nSPS) is 21.1. The molecule has 0 spiro atoms. The standard InChI is InChI=1S/C11H18N4O/c12-11-13-5-3-10(14-11)15-6-1-2-9(8-15)4-7-16/h3,5,9,16H,1-2,4,6-8H2,(H2,12,13,14). The predicted octanol–water partition coefficient (Wildman–Crippen LogP) is 0.658. The van der Waals surface area contributed by atoms with Crippen molar-refractivity contribution in [2.75, 3.05) is 30.3 Å². The zero-order valence-corrected chi connectivity index (χ0v) is 9.34. The molecular weight excluding hydrogens is 204 g/mol. The summed E-state index contributed by atoms with van der Waals surface area (Å²) in [5.74, 6) is 1.78. The zero-order valence-electron chi connectivity index (χ0n) is 9.34. The van der Waals surface area contributed by atoms with Crippen LogP contribution in [-0.2, 0) is 0 Å². The molecule has 88 valence electrons. The van der Waals surface area contributed by atoms with Crippen molar-refractivity contribution >= 4 is 11.8 Å². The molecule has 2 rings (SSSR count). The number of nitrogens with two attached hydrogens (primary N) is 1. The first-order valence-electron chi connectivity index (χ1n) is 5.74. The van der Waals surface area contributed by atoms with Gasteiger partial charge in [0.15, 0.2) is 0 Å². The maximum absolute atomic E-state index is 8.96.